The van der Waals surface area contributed by atoms with Crippen LogP contribution in [0.25, 0.3) is 0 Å². The number of hydrogen-bond acceptors (Lipinski definition) is 3. The van der Waals surface area contributed by atoms with Crippen LogP contribution in [0.3, 0.4) is 0 Å². The van der Waals surface area contributed by atoms with Gasteiger partial charge in [-0.05, 0) is 28.5 Å². The smallest absolute Gasteiger partial charge is 0.252 e. The van der Waals surface area contributed by atoms with Crippen LogP contribution in [0.2, 0.25) is 0 Å². The summed E-state index contributed by atoms with van der Waals surface area (Å²) in [6.45, 7) is 12.6. The summed E-state index contributed by atoms with van der Waals surface area (Å²) >= 11 is 0. The number of carbonyl (C=O) groups excluding carboxylic acids is 2. The molecular weight excluding hydrogens is 388 g/mol. The summed E-state index contributed by atoms with van der Waals surface area (Å²) in [5, 5.41) is 2.95. The highest BCUT2D eigenvalue weighted by Gasteiger charge is 2.30. The third kappa shape index (κ3) is 5.66. The number of carbonyl (C=O) groups is 2. The van der Waals surface area contributed by atoms with Gasteiger partial charge >= 0.3 is 0 Å². The third-order valence-electron chi connectivity index (χ3n) is 5.27. The van der Waals surface area contributed by atoms with Gasteiger partial charge in [-0.2, -0.15) is 0 Å². The molecule has 0 aliphatic heterocycles. The second-order valence-electron chi connectivity index (χ2n) is 10.2. The van der Waals surface area contributed by atoms with Crippen molar-refractivity contribution in [2.45, 2.75) is 58.4 Å². The van der Waals surface area contributed by atoms with Crippen LogP contribution in [-0.2, 0) is 15.6 Å². The van der Waals surface area contributed by atoms with E-state index in [1.807, 2.05) is 42.5 Å². The summed E-state index contributed by atoms with van der Waals surface area (Å²) in [5.74, 6) is 0.336. The zero-order chi connectivity index (χ0) is 23.6. The van der Waals surface area contributed by atoms with Gasteiger partial charge in [0.1, 0.15) is 11.8 Å². The number of nitrogens with zero attached hydrogens (tertiary/aromatic N) is 1. The van der Waals surface area contributed by atoms with Crippen LogP contribution in [0, 0.1) is 0 Å². The molecule has 0 spiro atoms. The maximum Gasteiger partial charge on any atom is 0.252 e. The Labute approximate surface area is 186 Å². The molecule has 168 valence electrons. The monoisotopic (exact) mass is 424 g/mol. The van der Waals surface area contributed by atoms with Crippen LogP contribution in [0.1, 0.15) is 74.6 Å². The molecule has 0 aliphatic carbocycles. The minimum Gasteiger partial charge on any atom is -0.496 e. The zero-order valence-electron chi connectivity index (χ0n) is 20.3. The van der Waals surface area contributed by atoms with E-state index in [0.717, 1.165) is 22.4 Å². The molecule has 0 fully saturated rings. The molecule has 0 bridgehead atoms. The Morgan fingerprint density at radius 2 is 1.39 bits per heavy atom. The van der Waals surface area contributed by atoms with Crippen LogP contribution in [0.5, 0.6) is 5.75 Å². The Bertz CT molecular complexity index is 900. The quantitative estimate of drug-likeness (QED) is 0.746. The minimum absolute atomic E-state index is 0.180. The molecule has 0 saturated heterocycles. The molecule has 0 saturated carbocycles. The van der Waals surface area contributed by atoms with E-state index in [1.165, 1.54) is 4.90 Å². The van der Waals surface area contributed by atoms with Gasteiger partial charge in [-0.25, -0.2) is 0 Å². The predicted octanol–water partition coefficient (Wildman–Crippen LogP) is 4.85. The van der Waals surface area contributed by atoms with E-state index in [2.05, 4.69) is 46.9 Å². The molecule has 0 unspecified atom stereocenters. The molecule has 5 nitrogen and oxygen atoms in total. The first kappa shape index (κ1) is 24.4. The Balaban J connectivity index is 2.58. The molecule has 0 aromatic heterocycles. The molecule has 1 N–H and O–H groups in total. The maximum atomic E-state index is 13.4. The number of rotatable bonds is 5. The molecule has 2 aromatic carbocycles. The van der Waals surface area contributed by atoms with Crippen molar-refractivity contribution in [3.05, 3.63) is 64.7 Å². The molecule has 31 heavy (non-hydrogen) atoms. The lowest BCUT2D eigenvalue weighted by molar-refractivity contribution is -0.130. The molecule has 0 heterocycles. The van der Waals surface area contributed by atoms with Crippen molar-refractivity contribution in [1.29, 1.82) is 0 Å². The SMILES string of the molecule is COc1c(C(C)(C)C)cc(C(=O)N[C@@H](C(=O)N(C)C)c2ccccc2)cc1C(C)(C)C. The van der Waals surface area contributed by atoms with Crippen molar-refractivity contribution in [2.75, 3.05) is 21.2 Å². The lowest BCUT2D eigenvalue weighted by Gasteiger charge is -2.30. The number of ether oxygens (including phenoxy) is 1. The molecular formula is C26H36N2O3. The summed E-state index contributed by atoms with van der Waals surface area (Å²) in [7, 11) is 5.04. The highest BCUT2D eigenvalue weighted by atomic mass is 16.5. The van der Waals surface area contributed by atoms with E-state index < -0.39 is 6.04 Å². The molecule has 0 aliphatic rings. The van der Waals surface area contributed by atoms with E-state index in [0.29, 0.717) is 5.56 Å². The highest BCUT2D eigenvalue weighted by Crippen LogP contribution is 2.40. The second-order valence-corrected chi connectivity index (χ2v) is 10.2. The Hall–Kier alpha value is -2.82. The summed E-state index contributed by atoms with van der Waals surface area (Å²) in [5.41, 5.74) is 2.74. The van der Waals surface area contributed by atoms with Gasteiger partial charge in [0.05, 0.1) is 7.11 Å². The maximum absolute atomic E-state index is 13.4. The number of benzene rings is 2. The van der Waals surface area contributed by atoms with E-state index in [-0.39, 0.29) is 22.6 Å². The molecule has 1 atom stereocenters. The van der Waals surface area contributed by atoms with Gasteiger partial charge < -0.3 is 15.0 Å². The Kier molecular flexibility index (Phi) is 7.20. The van der Waals surface area contributed by atoms with Gasteiger partial charge in [0.2, 0.25) is 5.91 Å². The van der Waals surface area contributed by atoms with Gasteiger partial charge in [-0.3, -0.25) is 9.59 Å². The standard InChI is InChI=1S/C26H36N2O3/c1-25(2,3)19-15-18(16-20(22(19)31-9)26(4,5)6)23(29)27-21(24(30)28(7)8)17-13-11-10-12-14-17/h10-16,21H,1-9H3,(H,27,29)/t21-/m1/s1. The van der Waals surface area contributed by atoms with E-state index in [1.54, 1.807) is 21.2 Å². The highest BCUT2D eigenvalue weighted by molar-refractivity contribution is 5.98. The Morgan fingerprint density at radius 3 is 1.77 bits per heavy atom. The van der Waals surface area contributed by atoms with Crippen LogP contribution >= 0.6 is 0 Å². The lowest BCUT2D eigenvalue weighted by Crippen LogP contribution is -2.40. The average molecular weight is 425 g/mol. The predicted molar refractivity (Wildman–Crippen MR) is 126 cm³/mol. The molecule has 2 aromatic rings. The fraction of sp³-hybridized carbons (Fsp3) is 0.462. The van der Waals surface area contributed by atoms with Crippen molar-refractivity contribution in [2.24, 2.45) is 0 Å². The summed E-state index contributed by atoms with van der Waals surface area (Å²) in [4.78, 5) is 27.7. The van der Waals surface area contributed by atoms with Gasteiger partial charge in [-0.15, -0.1) is 0 Å². The van der Waals surface area contributed by atoms with E-state index >= 15 is 0 Å². The normalized spacial score (nSPS) is 12.8. The third-order valence-corrected chi connectivity index (χ3v) is 5.27. The first-order valence-corrected chi connectivity index (χ1v) is 10.6. The second kappa shape index (κ2) is 9.13. The number of hydrogen-bond donors (Lipinski definition) is 1. The number of nitrogens with one attached hydrogen (secondary N) is 1. The lowest BCUT2D eigenvalue weighted by atomic mass is 9.78. The van der Waals surface area contributed by atoms with E-state index in [4.69, 9.17) is 4.74 Å². The topological polar surface area (TPSA) is 58.6 Å². The summed E-state index contributed by atoms with van der Waals surface area (Å²) < 4.78 is 5.79. The Morgan fingerprint density at radius 1 is 0.903 bits per heavy atom. The van der Waals surface area contributed by atoms with Gasteiger partial charge in [0.15, 0.2) is 0 Å². The fourth-order valence-electron chi connectivity index (χ4n) is 3.50. The van der Waals surface area contributed by atoms with Crippen molar-refractivity contribution in [3.63, 3.8) is 0 Å². The van der Waals surface area contributed by atoms with Crippen LogP contribution in [0.4, 0.5) is 0 Å². The number of likely N-dealkylation sites (N-methyl/N-ethyl adjacent to an activating group) is 1. The van der Waals surface area contributed by atoms with Crippen LogP contribution in [-0.4, -0.2) is 37.9 Å². The fourth-order valence-corrected chi connectivity index (χ4v) is 3.50. The zero-order valence-corrected chi connectivity index (χ0v) is 20.3. The summed E-state index contributed by atoms with van der Waals surface area (Å²) in [6, 6.07) is 12.3. The van der Waals surface area contributed by atoms with Gasteiger partial charge in [0, 0.05) is 30.8 Å². The minimum atomic E-state index is -0.762. The van der Waals surface area contributed by atoms with Gasteiger partial charge in [0.25, 0.3) is 5.91 Å². The molecule has 5 heteroatoms. The number of amides is 2. The van der Waals surface area contributed by atoms with Crippen molar-refractivity contribution in [1.82, 2.24) is 10.2 Å². The first-order valence-electron chi connectivity index (χ1n) is 10.6. The molecule has 2 amide bonds. The van der Waals surface area contributed by atoms with Crippen molar-refractivity contribution < 1.29 is 14.3 Å². The van der Waals surface area contributed by atoms with Crippen molar-refractivity contribution in [3.8, 4) is 5.75 Å². The van der Waals surface area contributed by atoms with Crippen LogP contribution < -0.4 is 10.1 Å². The largest absolute Gasteiger partial charge is 0.496 e. The average Bonchev–Trinajstić information content (AvgIpc) is 2.69. The summed E-state index contributed by atoms with van der Waals surface area (Å²) in [6.07, 6.45) is 0. The van der Waals surface area contributed by atoms with Crippen LogP contribution in [0.15, 0.2) is 42.5 Å². The molecule has 0 radical (unpaired) electrons. The van der Waals surface area contributed by atoms with E-state index in [9.17, 15) is 9.59 Å². The van der Waals surface area contributed by atoms with Crippen molar-refractivity contribution >= 4 is 11.8 Å². The first-order chi connectivity index (χ1) is 14.3. The number of methoxy groups -OCH3 is 1. The van der Waals surface area contributed by atoms with Gasteiger partial charge in [-0.1, -0.05) is 71.9 Å². The molecule has 2 rings (SSSR count).